The lowest BCUT2D eigenvalue weighted by Crippen LogP contribution is -2.04. The van der Waals surface area contributed by atoms with Gasteiger partial charge in [0.25, 0.3) is 0 Å². The summed E-state index contributed by atoms with van der Waals surface area (Å²) in [6, 6.07) is 16.9. The first kappa shape index (κ1) is 12.7. The number of benzene rings is 2. The smallest absolute Gasteiger partial charge is 0.0741 e. The molecule has 0 aliphatic heterocycles. The third-order valence-electron chi connectivity index (χ3n) is 3.56. The molecule has 0 radical (unpaired) electrons. The van der Waals surface area contributed by atoms with Crippen molar-refractivity contribution in [3.63, 3.8) is 0 Å². The van der Waals surface area contributed by atoms with Crippen LogP contribution >= 0.6 is 0 Å². The summed E-state index contributed by atoms with van der Waals surface area (Å²) in [5.41, 5.74) is 7.29. The molecule has 3 aromatic rings. The van der Waals surface area contributed by atoms with E-state index in [1.807, 2.05) is 16.9 Å². The molecule has 0 spiro atoms. The predicted octanol–water partition coefficient (Wildman–Crippen LogP) is 4.46. The molecular formula is C18H18N2. The van der Waals surface area contributed by atoms with E-state index in [0.717, 1.165) is 5.69 Å². The minimum absolute atomic E-state index is 1.13. The average molecular weight is 262 g/mol. The van der Waals surface area contributed by atoms with Crippen molar-refractivity contribution in [1.29, 1.82) is 0 Å². The molecule has 1 aromatic heterocycles. The van der Waals surface area contributed by atoms with Gasteiger partial charge in [0, 0.05) is 5.56 Å². The second-order valence-electron chi connectivity index (χ2n) is 5.24. The van der Waals surface area contributed by atoms with Crippen molar-refractivity contribution in [1.82, 2.24) is 9.78 Å². The second-order valence-corrected chi connectivity index (χ2v) is 5.24. The van der Waals surface area contributed by atoms with Gasteiger partial charge >= 0.3 is 0 Å². The molecule has 0 atom stereocenters. The first-order chi connectivity index (χ1) is 9.66. The SMILES string of the molecule is Cc1cc(C)c(-n2nccc2-c2ccccc2)c(C)c1. The van der Waals surface area contributed by atoms with E-state index in [-0.39, 0.29) is 0 Å². The molecule has 0 saturated heterocycles. The van der Waals surface area contributed by atoms with Crippen molar-refractivity contribution in [2.45, 2.75) is 20.8 Å². The van der Waals surface area contributed by atoms with E-state index >= 15 is 0 Å². The summed E-state index contributed by atoms with van der Waals surface area (Å²) < 4.78 is 2.04. The maximum atomic E-state index is 4.53. The van der Waals surface area contributed by atoms with Crippen LogP contribution in [0.3, 0.4) is 0 Å². The monoisotopic (exact) mass is 262 g/mol. The van der Waals surface area contributed by atoms with Gasteiger partial charge in [-0.05, 0) is 38.0 Å². The summed E-state index contributed by atoms with van der Waals surface area (Å²) in [5, 5.41) is 4.53. The van der Waals surface area contributed by atoms with Crippen LogP contribution in [0, 0.1) is 20.8 Å². The van der Waals surface area contributed by atoms with E-state index in [4.69, 9.17) is 0 Å². The summed E-state index contributed by atoms with van der Waals surface area (Å²) in [5.74, 6) is 0. The van der Waals surface area contributed by atoms with Crippen molar-refractivity contribution in [3.05, 3.63) is 71.4 Å². The van der Waals surface area contributed by atoms with E-state index in [1.165, 1.54) is 27.9 Å². The largest absolute Gasteiger partial charge is 0.233 e. The predicted molar refractivity (Wildman–Crippen MR) is 83.2 cm³/mol. The fraction of sp³-hybridized carbons (Fsp3) is 0.167. The number of rotatable bonds is 2. The molecule has 0 unspecified atom stereocenters. The van der Waals surface area contributed by atoms with Gasteiger partial charge in [-0.3, -0.25) is 0 Å². The normalized spacial score (nSPS) is 10.8. The zero-order valence-corrected chi connectivity index (χ0v) is 12.1. The van der Waals surface area contributed by atoms with E-state index in [9.17, 15) is 0 Å². The van der Waals surface area contributed by atoms with Gasteiger partial charge in [0.1, 0.15) is 0 Å². The van der Waals surface area contributed by atoms with Gasteiger partial charge < -0.3 is 0 Å². The molecule has 2 nitrogen and oxygen atoms in total. The highest BCUT2D eigenvalue weighted by molar-refractivity contribution is 5.63. The molecular weight excluding hydrogens is 244 g/mol. The maximum absolute atomic E-state index is 4.53. The van der Waals surface area contributed by atoms with Crippen LogP contribution in [0.4, 0.5) is 0 Å². The van der Waals surface area contributed by atoms with Crippen LogP contribution < -0.4 is 0 Å². The van der Waals surface area contributed by atoms with E-state index in [1.54, 1.807) is 0 Å². The zero-order valence-electron chi connectivity index (χ0n) is 12.1. The molecule has 3 rings (SSSR count). The Balaban J connectivity index is 2.21. The van der Waals surface area contributed by atoms with Crippen molar-refractivity contribution < 1.29 is 0 Å². The molecule has 0 fully saturated rings. The molecule has 0 aliphatic rings. The molecule has 100 valence electrons. The van der Waals surface area contributed by atoms with E-state index in [2.05, 4.69) is 68.3 Å². The average Bonchev–Trinajstić information content (AvgIpc) is 2.87. The van der Waals surface area contributed by atoms with Gasteiger partial charge in [-0.25, -0.2) is 4.68 Å². The molecule has 20 heavy (non-hydrogen) atoms. The van der Waals surface area contributed by atoms with Gasteiger partial charge in [0.05, 0.1) is 17.6 Å². The van der Waals surface area contributed by atoms with Gasteiger partial charge in [-0.15, -0.1) is 0 Å². The highest BCUT2D eigenvalue weighted by Crippen LogP contribution is 2.26. The molecule has 1 heterocycles. The third-order valence-corrected chi connectivity index (χ3v) is 3.56. The van der Waals surface area contributed by atoms with E-state index in [0.29, 0.717) is 0 Å². The molecule has 0 bridgehead atoms. The second kappa shape index (κ2) is 4.97. The summed E-state index contributed by atoms with van der Waals surface area (Å²) in [7, 11) is 0. The summed E-state index contributed by atoms with van der Waals surface area (Å²) in [6.07, 6.45) is 1.86. The Morgan fingerprint density at radius 3 is 2.15 bits per heavy atom. The van der Waals surface area contributed by atoms with Crippen molar-refractivity contribution >= 4 is 0 Å². The highest BCUT2D eigenvalue weighted by Gasteiger charge is 2.12. The molecule has 2 aromatic carbocycles. The first-order valence-electron chi connectivity index (χ1n) is 6.84. The first-order valence-corrected chi connectivity index (χ1v) is 6.84. The minimum Gasteiger partial charge on any atom is -0.233 e. The topological polar surface area (TPSA) is 17.8 Å². The van der Waals surface area contributed by atoms with Crippen LogP contribution in [-0.2, 0) is 0 Å². The number of hydrogen-bond donors (Lipinski definition) is 0. The molecule has 0 N–H and O–H groups in total. The van der Waals surface area contributed by atoms with Crippen molar-refractivity contribution in [2.24, 2.45) is 0 Å². The third kappa shape index (κ3) is 2.14. The van der Waals surface area contributed by atoms with Crippen LogP contribution in [0.15, 0.2) is 54.7 Å². The van der Waals surface area contributed by atoms with Crippen LogP contribution in [-0.4, -0.2) is 9.78 Å². The Bertz CT molecular complexity index is 716. The lowest BCUT2D eigenvalue weighted by atomic mass is 10.0. The Kier molecular flexibility index (Phi) is 3.15. The van der Waals surface area contributed by atoms with Gasteiger partial charge in [-0.1, -0.05) is 48.0 Å². The maximum Gasteiger partial charge on any atom is 0.0741 e. The van der Waals surface area contributed by atoms with Crippen molar-refractivity contribution in [2.75, 3.05) is 0 Å². The molecule has 2 heteroatoms. The Morgan fingerprint density at radius 2 is 1.50 bits per heavy atom. The molecule has 0 saturated carbocycles. The van der Waals surface area contributed by atoms with Gasteiger partial charge in [0.2, 0.25) is 0 Å². The van der Waals surface area contributed by atoms with Crippen LogP contribution in [0.1, 0.15) is 16.7 Å². The molecule has 0 amide bonds. The summed E-state index contributed by atoms with van der Waals surface area (Å²) >= 11 is 0. The van der Waals surface area contributed by atoms with Crippen LogP contribution in [0.2, 0.25) is 0 Å². The zero-order chi connectivity index (χ0) is 14.1. The number of hydrogen-bond acceptors (Lipinski definition) is 1. The number of aryl methyl sites for hydroxylation is 3. The van der Waals surface area contributed by atoms with Crippen molar-refractivity contribution in [3.8, 4) is 16.9 Å². The summed E-state index contributed by atoms with van der Waals surface area (Å²) in [4.78, 5) is 0. The Labute approximate surface area is 119 Å². The standard InChI is InChI=1S/C18H18N2/c1-13-11-14(2)18(15(3)12-13)20-17(9-10-19-20)16-7-5-4-6-8-16/h4-12H,1-3H3. The lowest BCUT2D eigenvalue weighted by molar-refractivity contribution is 0.871. The van der Waals surface area contributed by atoms with Crippen LogP contribution in [0.25, 0.3) is 16.9 Å². The minimum atomic E-state index is 1.13. The Hall–Kier alpha value is -2.35. The quantitative estimate of drug-likeness (QED) is 0.666. The number of aromatic nitrogens is 2. The Morgan fingerprint density at radius 1 is 0.850 bits per heavy atom. The number of nitrogens with zero attached hydrogens (tertiary/aromatic N) is 2. The van der Waals surface area contributed by atoms with Crippen LogP contribution in [0.5, 0.6) is 0 Å². The fourth-order valence-corrected chi connectivity index (χ4v) is 2.82. The summed E-state index contributed by atoms with van der Waals surface area (Å²) in [6.45, 7) is 6.42. The molecule has 0 aliphatic carbocycles. The highest BCUT2D eigenvalue weighted by atomic mass is 15.3. The van der Waals surface area contributed by atoms with Gasteiger partial charge in [-0.2, -0.15) is 5.10 Å². The fourth-order valence-electron chi connectivity index (χ4n) is 2.82. The van der Waals surface area contributed by atoms with E-state index < -0.39 is 0 Å². The van der Waals surface area contributed by atoms with Gasteiger partial charge in [0.15, 0.2) is 0 Å². The lowest BCUT2D eigenvalue weighted by Gasteiger charge is -2.14.